The van der Waals surface area contributed by atoms with Crippen molar-refractivity contribution in [1.29, 1.82) is 0 Å². The van der Waals surface area contributed by atoms with E-state index in [9.17, 15) is 9.59 Å². The van der Waals surface area contributed by atoms with Crippen LogP contribution in [0.15, 0.2) is 66.9 Å². The molecular formula is C26H28N4O2. The lowest BCUT2D eigenvalue weighted by atomic mass is 9.82. The molecule has 2 aromatic carbocycles. The van der Waals surface area contributed by atoms with E-state index in [0.29, 0.717) is 11.3 Å². The largest absolute Gasteiger partial charge is 0.339 e. The zero-order chi connectivity index (χ0) is 22.3. The zero-order valence-electron chi connectivity index (χ0n) is 18.6. The first kappa shape index (κ1) is 20.6. The third-order valence-electron chi connectivity index (χ3n) is 7.69. The van der Waals surface area contributed by atoms with Crippen LogP contribution in [0.5, 0.6) is 0 Å². The number of fused-ring (bicyclic) bond motifs is 2. The Balaban J connectivity index is 1.35. The molecule has 6 heteroatoms. The summed E-state index contributed by atoms with van der Waals surface area (Å²) < 4.78 is 1.87. The Morgan fingerprint density at radius 2 is 1.59 bits per heavy atom. The maximum Gasteiger partial charge on any atom is 0.229 e. The Morgan fingerprint density at radius 1 is 0.969 bits per heavy atom. The van der Waals surface area contributed by atoms with Crippen LogP contribution in [0, 0.1) is 5.41 Å². The number of amides is 1. The van der Waals surface area contributed by atoms with E-state index in [0.717, 1.165) is 37.7 Å². The highest BCUT2D eigenvalue weighted by Gasteiger charge is 2.60. The van der Waals surface area contributed by atoms with Crippen molar-refractivity contribution in [3.05, 3.63) is 83.7 Å². The van der Waals surface area contributed by atoms with Crippen LogP contribution in [0.3, 0.4) is 0 Å². The Labute approximate surface area is 188 Å². The quantitative estimate of drug-likeness (QED) is 0.546. The summed E-state index contributed by atoms with van der Waals surface area (Å²) in [4.78, 5) is 28.3. The minimum atomic E-state index is -0.354. The van der Waals surface area contributed by atoms with Gasteiger partial charge in [0.1, 0.15) is 0 Å². The van der Waals surface area contributed by atoms with Crippen LogP contribution in [0.1, 0.15) is 66.7 Å². The highest BCUT2D eigenvalue weighted by molar-refractivity contribution is 6.07. The van der Waals surface area contributed by atoms with Gasteiger partial charge in [0.15, 0.2) is 5.69 Å². The molecule has 0 N–H and O–H groups in total. The van der Waals surface area contributed by atoms with Gasteiger partial charge in [-0.1, -0.05) is 65.9 Å². The van der Waals surface area contributed by atoms with Gasteiger partial charge in [-0.3, -0.25) is 9.59 Å². The number of carbonyl (C=O) groups excluding carboxylic acids is 2. The molecule has 2 fully saturated rings. The molecule has 3 aromatic rings. The topological polar surface area (TPSA) is 68.1 Å². The number of hydrogen-bond acceptors (Lipinski definition) is 4. The molecule has 1 aromatic heterocycles. The molecule has 1 heterocycles. The van der Waals surface area contributed by atoms with Gasteiger partial charge in [-0.2, -0.15) is 0 Å². The van der Waals surface area contributed by atoms with Crippen LogP contribution < -0.4 is 0 Å². The molecule has 0 radical (unpaired) electrons. The number of rotatable bonds is 6. The molecule has 1 amide bonds. The van der Waals surface area contributed by atoms with Gasteiger partial charge < -0.3 is 4.90 Å². The van der Waals surface area contributed by atoms with E-state index in [1.807, 2.05) is 53.0 Å². The minimum absolute atomic E-state index is 0.0233. The first-order valence-corrected chi connectivity index (χ1v) is 11.3. The third kappa shape index (κ3) is 3.25. The van der Waals surface area contributed by atoms with Gasteiger partial charge in [-0.15, -0.1) is 5.10 Å². The molecular weight excluding hydrogens is 400 g/mol. The predicted octanol–water partition coefficient (Wildman–Crippen LogP) is 4.39. The maximum absolute atomic E-state index is 13.6. The SMILES string of the molecule is CC(c1ccccc1)N(C)C(=O)C12CCC(n3cc(C(=O)c4ccccc4)nn3)(CC1)C2. The highest BCUT2D eigenvalue weighted by atomic mass is 16.2. The van der Waals surface area contributed by atoms with Crippen molar-refractivity contribution in [2.75, 3.05) is 7.05 Å². The zero-order valence-corrected chi connectivity index (χ0v) is 18.6. The van der Waals surface area contributed by atoms with Gasteiger partial charge in [-0.05, 0) is 44.6 Å². The molecule has 2 aliphatic carbocycles. The summed E-state index contributed by atoms with van der Waals surface area (Å²) in [5.41, 5.74) is 1.52. The van der Waals surface area contributed by atoms with Gasteiger partial charge in [0.2, 0.25) is 11.7 Å². The number of carbonyl (C=O) groups is 2. The lowest BCUT2D eigenvalue weighted by Gasteiger charge is -2.34. The Hall–Kier alpha value is -3.28. The minimum Gasteiger partial charge on any atom is -0.339 e. The summed E-state index contributed by atoms with van der Waals surface area (Å²) in [6.45, 7) is 2.08. The fourth-order valence-corrected chi connectivity index (χ4v) is 5.62. The average Bonchev–Trinajstić information content (AvgIpc) is 3.58. The van der Waals surface area contributed by atoms with E-state index < -0.39 is 0 Å². The van der Waals surface area contributed by atoms with E-state index >= 15 is 0 Å². The molecule has 32 heavy (non-hydrogen) atoms. The number of hydrogen-bond donors (Lipinski definition) is 0. The van der Waals surface area contributed by atoms with Crippen molar-refractivity contribution in [3.8, 4) is 0 Å². The molecule has 2 bridgehead atoms. The van der Waals surface area contributed by atoms with Crippen LogP contribution in [0.2, 0.25) is 0 Å². The molecule has 0 saturated heterocycles. The molecule has 0 spiro atoms. The van der Waals surface area contributed by atoms with Crippen molar-refractivity contribution in [1.82, 2.24) is 19.9 Å². The highest BCUT2D eigenvalue weighted by Crippen LogP contribution is 2.60. The van der Waals surface area contributed by atoms with Crippen molar-refractivity contribution in [3.63, 3.8) is 0 Å². The van der Waals surface area contributed by atoms with E-state index in [2.05, 4.69) is 29.4 Å². The molecule has 5 rings (SSSR count). The maximum atomic E-state index is 13.6. The summed E-state index contributed by atoms with van der Waals surface area (Å²) in [5, 5.41) is 8.54. The normalized spacial score (nSPS) is 24.9. The monoisotopic (exact) mass is 428 g/mol. The Bertz CT molecular complexity index is 1130. The van der Waals surface area contributed by atoms with E-state index in [1.54, 1.807) is 18.3 Å². The van der Waals surface area contributed by atoms with Crippen molar-refractivity contribution in [2.45, 2.75) is 50.6 Å². The second kappa shape index (κ2) is 7.69. The first-order valence-electron chi connectivity index (χ1n) is 11.3. The van der Waals surface area contributed by atoms with Crippen molar-refractivity contribution in [2.24, 2.45) is 5.41 Å². The van der Waals surface area contributed by atoms with E-state index in [-0.39, 0.29) is 28.7 Å². The number of nitrogens with zero attached hydrogens (tertiary/aromatic N) is 4. The molecule has 164 valence electrons. The van der Waals surface area contributed by atoms with Crippen LogP contribution in [-0.4, -0.2) is 38.6 Å². The van der Waals surface area contributed by atoms with E-state index in [1.165, 1.54) is 0 Å². The summed E-state index contributed by atoms with van der Waals surface area (Å²) in [7, 11) is 1.92. The molecule has 0 aliphatic heterocycles. The Kier molecular flexibility index (Phi) is 4.96. The summed E-state index contributed by atoms with van der Waals surface area (Å²) >= 11 is 0. The molecule has 2 saturated carbocycles. The number of ketones is 1. The molecule has 2 aliphatic rings. The average molecular weight is 429 g/mol. The van der Waals surface area contributed by atoms with Gasteiger partial charge in [0.05, 0.1) is 23.2 Å². The Morgan fingerprint density at radius 3 is 2.25 bits per heavy atom. The second-order valence-corrected chi connectivity index (χ2v) is 9.43. The molecule has 1 atom stereocenters. The fourth-order valence-electron chi connectivity index (χ4n) is 5.62. The van der Waals surface area contributed by atoms with E-state index in [4.69, 9.17) is 0 Å². The van der Waals surface area contributed by atoms with Crippen LogP contribution in [-0.2, 0) is 10.3 Å². The van der Waals surface area contributed by atoms with Crippen molar-refractivity contribution < 1.29 is 9.59 Å². The van der Waals surface area contributed by atoms with Crippen LogP contribution >= 0.6 is 0 Å². The van der Waals surface area contributed by atoms with Gasteiger partial charge in [0, 0.05) is 12.6 Å². The predicted molar refractivity (Wildman–Crippen MR) is 121 cm³/mol. The van der Waals surface area contributed by atoms with Gasteiger partial charge in [-0.25, -0.2) is 4.68 Å². The smallest absolute Gasteiger partial charge is 0.229 e. The van der Waals surface area contributed by atoms with Gasteiger partial charge >= 0.3 is 0 Å². The van der Waals surface area contributed by atoms with Crippen LogP contribution in [0.25, 0.3) is 0 Å². The third-order valence-corrected chi connectivity index (χ3v) is 7.69. The lowest BCUT2D eigenvalue weighted by molar-refractivity contribution is -0.142. The standard InChI is InChI=1S/C26H28N4O2/c1-19(20-9-5-3-6-10-20)29(2)24(32)25-13-15-26(18-25,16-14-25)30-17-22(27-28-30)23(31)21-11-7-4-8-12-21/h3-12,17,19H,13-16,18H2,1-2H3. The second-order valence-electron chi connectivity index (χ2n) is 9.43. The number of aromatic nitrogens is 3. The summed E-state index contributed by atoms with van der Waals surface area (Å²) in [5.74, 6) is 0.0944. The molecule has 6 nitrogen and oxygen atoms in total. The number of benzene rings is 2. The molecule has 1 unspecified atom stereocenters. The fraction of sp³-hybridized carbons (Fsp3) is 0.385. The summed E-state index contributed by atoms with van der Waals surface area (Å²) in [6.07, 6.45) is 5.99. The lowest BCUT2D eigenvalue weighted by Crippen LogP contribution is -2.40. The van der Waals surface area contributed by atoms with Gasteiger partial charge in [0.25, 0.3) is 0 Å². The first-order chi connectivity index (χ1) is 15.4. The van der Waals surface area contributed by atoms with Crippen LogP contribution in [0.4, 0.5) is 0 Å². The van der Waals surface area contributed by atoms with Crippen molar-refractivity contribution >= 4 is 11.7 Å². The summed E-state index contributed by atoms with van der Waals surface area (Å²) in [6, 6.07) is 19.3.